The standard InChI is InChI=1S/C16H23NO7S2/c1-12-5-6-14(24-2)15(10-12)26(22,23)17(8-3-4-16(18)19)13-7-9-25(20,21)11-13/h5-6,10,13H,3-4,7-9,11H2,1-2H3,(H,18,19)/t13-/m1/s1. The minimum absolute atomic E-state index is 0.0420. The zero-order valence-corrected chi connectivity index (χ0v) is 16.3. The fourth-order valence-electron chi connectivity index (χ4n) is 3.00. The second-order valence-electron chi connectivity index (χ2n) is 6.32. The van der Waals surface area contributed by atoms with Gasteiger partial charge in [-0.05, 0) is 37.5 Å². The number of rotatable bonds is 8. The first-order valence-electron chi connectivity index (χ1n) is 8.15. The highest BCUT2D eigenvalue weighted by Gasteiger charge is 2.39. The minimum atomic E-state index is -4.05. The molecule has 0 unspecified atom stereocenters. The zero-order valence-electron chi connectivity index (χ0n) is 14.7. The van der Waals surface area contributed by atoms with Gasteiger partial charge in [-0.1, -0.05) is 6.07 Å². The second-order valence-corrected chi connectivity index (χ2v) is 10.4. The molecule has 8 nitrogen and oxygen atoms in total. The number of ether oxygens (including phenoxy) is 1. The van der Waals surface area contributed by atoms with Gasteiger partial charge in [-0.2, -0.15) is 4.31 Å². The number of hydrogen-bond donors (Lipinski definition) is 1. The SMILES string of the molecule is COc1ccc(C)cc1S(=O)(=O)N(CCCC(=O)O)[C@@H]1CCS(=O)(=O)C1. The lowest BCUT2D eigenvalue weighted by Crippen LogP contribution is -2.42. The van der Waals surface area contributed by atoms with Gasteiger partial charge in [0.1, 0.15) is 10.6 Å². The Bertz CT molecular complexity index is 878. The third-order valence-corrected chi connectivity index (χ3v) is 8.01. The van der Waals surface area contributed by atoms with Crippen molar-refractivity contribution in [2.45, 2.75) is 37.1 Å². The number of aryl methyl sites for hydroxylation is 1. The van der Waals surface area contributed by atoms with Crippen molar-refractivity contribution in [1.29, 1.82) is 0 Å². The lowest BCUT2D eigenvalue weighted by molar-refractivity contribution is -0.137. The summed E-state index contributed by atoms with van der Waals surface area (Å²) in [6.07, 6.45) is 0.0957. The molecule has 1 atom stereocenters. The van der Waals surface area contributed by atoms with E-state index < -0.39 is 31.9 Å². The molecule has 1 aromatic carbocycles. The van der Waals surface area contributed by atoms with E-state index in [-0.39, 0.29) is 48.0 Å². The van der Waals surface area contributed by atoms with E-state index in [1.165, 1.54) is 13.2 Å². The van der Waals surface area contributed by atoms with Gasteiger partial charge in [0.2, 0.25) is 10.0 Å². The molecule has 146 valence electrons. The number of sulfonamides is 1. The molecule has 1 aliphatic heterocycles. The molecule has 0 bridgehead atoms. The Labute approximate surface area is 153 Å². The smallest absolute Gasteiger partial charge is 0.303 e. The van der Waals surface area contributed by atoms with Crippen LogP contribution in [0.2, 0.25) is 0 Å². The van der Waals surface area contributed by atoms with Crippen LogP contribution < -0.4 is 4.74 Å². The molecule has 0 saturated carbocycles. The van der Waals surface area contributed by atoms with Crippen LogP contribution in [-0.2, 0) is 24.7 Å². The average molecular weight is 405 g/mol. The lowest BCUT2D eigenvalue weighted by atomic mass is 10.2. The zero-order chi connectivity index (χ0) is 19.5. The topological polar surface area (TPSA) is 118 Å². The molecule has 0 aromatic heterocycles. The maximum Gasteiger partial charge on any atom is 0.303 e. The van der Waals surface area contributed by atoms with Crippen LogP contribution in [0.1, 0.15) is 24.8 Å². The maximum atomic E-state index is 13.2. The third-order valence-electron chi connectivity index (χ3n) is 4.29. The van der Waals surface area contributed by atoms with Crippen molar-refractivity contribution in [1.82, 2.24) is 4.31 Å². The number of hydrogen-bond acceptors (Lipinski definition) is 6. The first kappa shape index (κ1) is 20.7. The number of aliphatic carboxylic acids is 1. The largest absolute Gasteiger partial charge is 0.495 e. The van der Waals surface area contributed by atoms with Gasteiger partial charge in [-0.3, -0.25) is 4.79 Å². The summed E-state index contributed by atoms with van der Waals surface area (Å²) >= 11 is 0. The number of methoxy groups -OCH3 is 1. The summed E-state index contributed by atoms with van der Waals surface area (Å²) in [6, 6.07) is 4.03. The quantitative estimate of drug-likeness (QED) is 0.686. The van der Waals surface area contributed by atoms with E-state index in [0.29, 0.717) is 5.56 Å². The molecular weight excluding hydrogens is 382 g/mol. The second kappa shape index (κ2) is 7.93. The van der Waals surface area contributed by atoms with E-state index in [4.69, 9.17) is 9.84 Å². The van der Waals surface area contributed by atoms with Crippen LogP contribution in [0, 0.1) is 6.92 Å². The Kier molecular flexibility index (Phi) is 6.30. The Balaban J connectivity index is 2.42. The summed E-state index contributed by atoms with van der Waals surface area (Å²) in [5.41, 5.74) is 0.717. The lowest BCUT2D eigenvalue weighted by Gasteiger charge is -2.28. The molecule has 10 heteroatoms. The van der Waals surface area contributed by atoms with Crippen LogP contribution in [0.3, 0.4) is 0 Å². The van der Waals surface area contributed by atoms with Gasteiger partial charge >= 0.3 is 5.97 Å². The fraction of sp³-hybridized carbons (Fsp3) is 0.562. The van der Waals surface area contributed by atoms with Crippen LogP contribution in [0.25, 0.3) is 0 Å². The summed E-state index contributed by atoms with van der Waals surface area (Å²) in [5, 5.41) is 8.83. The van der Waals surface area contributed by atoms with Gasteiger partial charge in [-0.15, -0.1) is 0 Å². The molecule has 26 heavy (non-hydrogen) atoms. The Morgan fingerprint density at radius 1 is 1.38 bits per heavy atom. The third kappa shape index (κ3) is 4.74. The summed E-state index contributed by atoms with van der Waals surface area (Å²) in [4.78, 5) is 10.7. The predicted molar refractivity (Wildman–Crippen MR) is 95.6 cm³/mol. The first-order valence-corrected chi connectivity index (χ1v) is 11.4. The summed E-state index contributed by atoms with van der Waals surface area (Å²) in [6.45, 7) is 1.68. The molecule has 0 spiro atoms. The van der Waals surface area contributed by atoms with E-state index in [2.05, 4.69) is 0 Å². The molecular formula is C16H23NO7S2. The molecule has 1 aromatic rings. The Morgan fingerprint density at radius 2 is 2.08 bits per heavy atom. The predicted octanol–water partition coefficient (Wildman–Crippen LogP) is 1.05. The number of carboxylic acid groups (broad SMARTS) is 1. The summed E-state index contributed by atoms with van der Waals surface area (Å²) < 4.78 is 56.4. The van der Waals surface area contributed by atoms with Crippen molar-refractivity contribution in [3.05, 3.63) is 23.8 Å². The van der Waals surface area contributed by atoms with Crippen LogP contribution in [0.4, 0.5) is 0 Å². The summed E-state index contributed by atoms with van der Waals surface area (Å²) in [5.74, 6) is -1.20. The molecule has 1 N–H and O–H groups in total. The molecule has 0 amide bonds. The molecule has 0 aliphatic carbocycles. The Hall–Kier alpha value is -1.65. The van der Waals surface area contributed by atoms with Crippen molar-refractivity contribution in [2.24, 2.45) is 0 Å². The number of sulfone groups is 1. The highest BCUT2D eigenvalue weighted by molar-refractivity contribution is 7.92. The van der Waals surface area contributed by atoms with E-state index in [9.17, 15) is 21.6 Å². The van der Waals surface area contributed by atoms with Gasteiger partial charge < -0.3 is 9.84 Å². The van der Waals surface area contributed by atoms with Gasteiger partial charge in [0, 0.05) is 19.0 Å². The van der Waals surface area contributed by atoms with Crippen molar-refractivity contribution in [2.75, 3.05) is 25.2 Å². The summed E-state index contributed by atoms with van der Waals surface area (Å²) in [7, 11) is -5.99. The monoisotopic (exact) mass is 405 g/mol. The molecule has 2 rings (SSSR count). The Morgan fingerprint density at radius 3 is 2.62 bits per heavy atom. The molecule has 1 saturated heterocycles. The molecule has 1 fully saturated rings. The van der Waals surface area contributed by atoms with Crippen LogP contribution in [0.15, 0.2) is 23.1 Å². The molecule has 1 heterocycles. The molecule has 1 aliphatic rings. The average Bonchev–Trinajstić information content (AvgIpc) is 2.90. The normalized spacial score (nSPS) is 19.6. The van der Waals surface area contributed by atoms with Gasteiger partial charge in [0.05, 0.1) is 18.6 Å². The minimum Gasteiger partial charge on any atom is -0.495 e. The highest BCUT2D eigenvalue weighted by Crippen LogP contribution is 2.31. The van der Waals surface area contributed by atoms with Gasteiger partial charge in [-0.25, -0.2) is 16.8 Å². The van der Waals surface area contributed by atoms with Gasteiger partial charge in [0.15, 0.2) is 9.84 Å². The molecule has 0 radical (unpaired) electrons. The highest BCUT2D eigenvalue weighted by atomic mass is 32.2. The van der Waals surface area contributed by atoms with Crippen LogP contribution >= 0.6 is 0 Å². The van der Waals surface area contributed by atoms with Crippen molar-refractivity contribution < 1.29 is 31.5 Å². The van der Waals surface area contributed by atoms with Gasteiger partial charge in [0.25, 0.3) is 0 Å². The van der Waals surface area contributed by atoms with Crippen LogP contribution in [0.5, 0.6) is 5.75 Å². The fourth-order valence-corrected chi connectivity index (χ4v) is 6.76. The van der Waals surface area contributed by atoms with E-state index >= 15 is 0 Å². The number of carbonyl (C=O) groups is 1. The van der Waals surface area contributed by atoms with E-state index in [0.717, 1.165) is 4.31 Å². The van der Waals surface area contributed by atoms with E-state index in [1.54, 1.807) is 19.1 Å². The number of nitrogens with zero attached hydrogens (tertiary/aromatic N) is 1. The van der Waals surface area contributed by atoms with Crippen LogP contribution in [-0.4, -0.2) is 63.4 Å². The van der Waals surface area contributed by atoms with Crippen molar-refractivity contribution >= 4 is 25.8 Å². The van der Waals surface area contributed by atoms with Crippen molar-refractivity contribution in [3.63, 3.8) is 0 Å². The number of carboxylic acids is 1. The first-order chi connectivity index (χ1) is 12.1. The maximum absolute atomic E-state index is 13.2. The number of benzene rings is 1. The van der Waals surface area contributed by atoms with E-state index in [1.807, 2.05) is 0 Å². The van der Waals surface area contributed by atoms with Crippen molar-refractivity contribution in [3.8, 4) is 5.75 Å².